The van der Waals surface area contributed by atoms with E-state index in [0.717, 1.165) is 97.1 Å². The molecule has 3 aromatic heterocycles. The van der Waals surface area contributed by atoms with Crippen LogP contribution in [-0.4, -0.2) is 130 Å². The van der Waals surface area contributed by atoms with Crippen LogP contribution in [0.4, 0.5) is 5.69 Å². The zero-order valence-corrected chi connectivity index (χ0v) is 40.7. The maximum absolute atomic E-state index is 14.1. The maximum Gasteiger partial charge on any atom is 0.302 e. The Morgan fingerprint density at radius 2 is 1.74 bits per heavy atom. The highest BCUT2D eigenvalue weighted by atomic mass is 16.5. The highest BCUT2D eigenvalue weighted by Crippen LogP contribution is 2.43. The topological polar surface area (TPSA) is 141 Å². The standard InChI is InChI=1S/C51H74N10O4/c1-11-34(5)46-41(27-39(30-53-46)59-23-21-58(22-24-59)38-16-17-38)48-42(28-51(7,8)32-65-35(6)62)40-25-36(15-18-45(40)60(48)12-2)44-31-52-29-37(55-44)26-43(50(64)61-20-14-13-19-54-61)56-49(63)47(33(3)4)57(9)10/h15,18,25,27,29-31,33-34,38,43,47,54H,11-14,16-17,19-24,26,28,32H2,1-10H3,(H,56,63). The molecule has 0 radical (unpaired) electrons. The number of esters is 1. The second-order valence-corrected chi connectivity index (χ2v) is 20.0. The Hall–Kier alpha value is -4.92. The molecule has 0 bridgehead atoms. The van der Waals surface area contributed by atoms with Gasteiger partial charge in [0.25, 0.3) is 5.91 Å². The summed E-state index contributed by atoms with van der Waals surface area (Å²) < 4.78 is 8.12. The summed E-state index contributed by atoms with van der Waals surface area (Å²) >= 11 is 0. The average Bonchev–Trinajstić information content (AvgIpc) is 4.10. The Bertz CT molecular complexity index is 2300. The van der Waals surface area contributed by atoms with Gasteiger partial charge in [0, 0.05) is 98.8 Å². The van der Waals surface area contributed by atoms with Gasteiger partial charge in [0.2, 0.25) is 5.91 Å². The molecule has 1 aliphatic carbocycles. The van der Waals surface area contributed by atoms with E-state index in [1.165, 1.54) is 25.3 Å². The molecular formula is C51H74N10O4. The number of hydrogen-bond donors (Lipinski definition) is 2. The first-order valence-electron chi connectivity index (χ1n) is 24.2. The smallest absolute Gasteiger partial charge is 0.302 e. The molecule has 1 aromatic carbocycles. The number of carbonyl (C=O) groups is 3. The average molecular weight is 891 g/mol. The fraction of sp³-hybridized carbons (Fsp3) is 0.608. The quantitative estimate of drug-likeness (QED) is 0.101. The molecule has 3 atom stereocenters. The number of carbonyl (C=O) groups excluding carboxylic acids is 3. The fourth-order valence-corrected chi connectivity index (χ4v) is 9.93. The van der Waals surface area contributed by atoms with E-state index < -0.39 is 12.1 Å². The van der Waals surface area contributed by atoms with Gasteiger partial charge in [0.15, 0.2) is 0 Å². The Kier molecular flexibility index (Phi) is 15.3. The van der Waals surface area contributed by atoms with Crippen molar-refractivity contribution < 1.29 is 19.1 Å². The van der Waals surface area contributed by atoms with E-state index >= 15 is 0 Å². The van der Waals surface area contributed by atoms with Crippen LogP contribution in [0.3, 0.4) is 0 Å². The molecule has 352 valence electrons. The lowest BCUT2D eigenvalue weighted by molar-refractivity contribution is -0.144. The SMILES string of the molecule is CCC(C)c1ncc(N2CCN(C3CC3)CC2)cc1-c1c(CC(C)(C)COC(C)=O)c2cc(-c3cncc(CC(NC(=O)C(C(C)C)N(C)C)C(=O)N4CCCCN4)n3)ccc2n1CC. The van der Waals surface area contributed by atoms with Gasteiger partial charge in [-0.05, 0) is 95.1 Å². The summed E-state index contributed by atoms with van der Waals surface area (Å²) in [5, 5.41) is 5.86. The van der Waals surface area contributed by atoms with Crippen LogP contribution in [-0.2, 0) is 38.5 Å². The first-order chi connectivity index (χ1) is 31.1. The third-order valence-electron chi connectivity index (χ3n) is 13.6. The van der Waals surface area contributed by atoms with Crippen molar-refractivity contribution in [1.29, 1.82) is 0 Å². The first-order valence-corrected chi connectivity index (χ1v) is 24.2. The molecule has 14 nitrogen and oxygen atoms in total. The molecule has 3 fully saturated rings. The van der Waals surface area contributed by atoms with Gasteiger partial charge in [-0.25, -0.2) is 10.4 Å². The number of piperazine rings is 1. The van der Waals surface area contributed by atoms with E-state index in [1.807, 2.05) is 32.8 Å². The maximum atomic E-state index is 14.1. The number of rotatable bonds is 18. The second kappa shape index (κ2) is 20.7. The van der Waals surface area contributed by atoms with Crippen molar-refractivity contribution in [3.8, 4) is 22.5 Å². The lowest BCUT2D eigenvalue weighted by Gasteiger charge is -2.36. The fourth-order valence-electron chi connectivity index (χ4n) is 9.93. The number of amides is 2. The monoisotopic (exact) mass is 891 g/mol. The lowest BCUT2D eigenvalue weighted by atomic mass is 9.83. The molecule has 2 N–H and O–H groups in total. The number of nitrogens with one attached hydrogen (secondary N) is 2. The molecule has 7 rings (SSSR count). The van der Waals surface area contributed by atoms with E-state index in [9.17, 15) is 14.4 Å². The van der Waals surface area contributed by atoms with Gasteiger partial charge in [-0.2, -0.15) is 0 Å². The van der Waals surface area contributed by atoms with Crippen molar-refractivity contribution in [2.24, 2.45) is 11.3 Å². The molecule has 2 saturated heterocycles. The normalized spacial score (nSPS) is 17.7. The number of nitrogens with zero attached hydrogens (tertiary/aromatic N) is 8. The van der Waals surface area contributed by atoms with Crippen molar-refractivity contribution in [3.05, 3.63) is 59.8 Å². The van der Waals surface area contributed by atoms with Crippen molar-refractivity contribution in [2.75, 3.05) is 64.9 Å². The Morgan fingerprint density at radius 3 is 2.37 bits per heavy atom. The number of aryl methyl sites for hydroxylation is 1. The number of pyridine rings is 1. The summed E-state index contributed by atoms with van der Waals surface area (Å²) in [5.74, 6) is -0.389. The molecule has 65 heavy (non-hydrogen) atoms. The summed E-state index contributed by atoms with van der Waals surface area (Å²) in [4.78, 5) is 62.1. The van der Waals surface area contributed by atoms with Crippen LogP contribution >= 0.6 is 0 Å². The van der Waals surface area contributed by atoms with Gasteiger partial charge >= 0.3 is 5.97 Å². The van der Waals surface area contributed by atoms with Crippen LogP contribution in [0.2, 0.25) is 0 Å². The van der Waals surface area contributed by atoms with E-state index in [-0.39, 0.29) is 48.1 Å². The number of ether oxygens (including phenoxy) is 1. The minimum absolute atomic E-state index is 0.0433. The highest BCUT2D eigenvalue weighted by molar-refractivity contribution is 5.95. The van der Waals surface area contributed by atoms with Crippen LogP contribution in [0.15, 0.2) is 42.9 Å². The summed E-state index contributed by atoms with van der Waals surface area (Å²) in [6.45, 7) is 22.9. The summed E-state index contributed by atoms with van der Waals surface area (Å²) in [6, 6.07) is 8.43. The second-order valence-electron chi connectivity index (χ2n) is 20.0. The van der Waals surface area contributed by atoms with Crippen LogP contribution in [0.1, 0.15) is 110 Å². The van der Waals surface area contributed by atoms with Gasteiger partial charge in [-0.15, -0.1) is 0 Å². The van der Waals surface area contributed by atoms with Crippen LogP contribution in [0.5, 0.6) is 0 Å². The molecule has 3 aliphatic rings. The van der Waals surface area contributed by atoms with E-state index in [1.54, 1.807) is 17.4 Å². The van der Waals surface area contributed by atoms with Crippen molar-refractivity contribution in [2.45, 2.75) is 131 Å². The minimum atomic E-state index is -0.834. The lowest BCUT2D eigenvalue weighted by Crippen LogP contribution is -2.58. The zero-order valence-electron chi connectivity index (χ0n) is 40.7. The van der Waals surface area contributed by atoms with Crippen molar-refractivity contribution in [3.63, 3.8) is 0 Å². The Balaban J connectivity index is 1.30. The van der Waals surface area contributed by atoms with Gasteiger partial charge in [0.05, 0.1) is 53.5 Å². The molecule has 5 heterocycles. The molecular weight excluding hydrogens is 817 g/mol. The van der Waals surface area contributed by atoms with Gasteiger partial charge in [-0.3, -0.25) is 39.2 Å². The third kappa shape index (κ3) is 11.2. The molecule has 0 spiro atoms. The number of aromatic nitrogens is 4. The number of benzene rings is 1. The van der Waals surface area contributed by atoms with E-state index in [4.69, 9.17) is 14.7 Å². The van der Waals surface area contributed by atoms with Crippen LogP contribution in [0.25, 0.3) is 33.4 Å². The zero-order chi connectivity index (χ0) is 46.6. The van der Waals surface area contributed by atoms with Gasteiger partial charge in [-0.1, -0.05) is 47.6 Å². The molecule has 2 amide bonds. The minimum Gasteiger partial charge on any atom is -0.465 e. The summed E-state index contributed by atoms with van der Waals surface area (Å²) in [7, 11) is 3.78. The van der Waals surface area contributed by atoms with Gasteiger partial charge < -0.3 is 19.5 Å². The highest BCUT2D eigenvalue weighted by Gasteiger charge is 2.35. The molecule has 1 saturated carbocycles. The predicted molar refractivity (Wildman–Crippen MR) is 258 cm³/mol. The molecule has 3 unspecified atom stereocenters. The number of anilines is 1. The van der Waals surface area contributed by atoms with Crippen molar-refractivity contribution in [1.82, 2.24) is 45.1 Å². The molecule has 4 aromatic rings. The van der Waals surface area contributed by atoms with Crippen molar-refractivity contribution >= 4 is 34.4 Å². The number of likely N-dealkylation sites (N-methyl/N-ethyl adjacent to an activating group) is 1. The van der Waals surface area contributed by atoms with Crippen LogP contribution in [0, 0.1) is 11.3 Å². The number of hydrazine groups is 1. The molecule has 14 heteroatoms. The third-order valence-corrected chi connectivity index (χ3v) is 13.6. The number of hydrogen-bond acceptors (Lipinski definition) is 11. The van der Waals surface area contributed by atoms with E-state index in [2.05, 4.69) is 95.2 Å². The Labute approximate surface area is 386 Å². The van der Waals surface area contributed by atoms with E-state index in [0.29, 0.717) is 30.9 Å². The van der Waals surface area contributed by atoms with Crippen LogP contribution < -0.4 is 15.6 Å². The van der Waals surface area contributed by atoms with Gasteiger partial charge in [0.1, 0.15) is 6.04 Å². The predicted octanol–water partition coefficient (Wildman–Crippen LogP) is 6.85. The Morgan fingerprint density at radius 1 is 0.985 bits per heavy atom. The number of fused-ring (bicyclic) bond motifs is 1. The summed E-state index contributed by atoms with van der Waals surface area (Å²) in [6.07, 6.45) is 11.9. The first kappa shape index (κ1) is 48.0. The summed E-state index contributed by atoms with van der Waals surface area (Å²) in [5.41, 5.74) is 11.8. The largest absolute Gasteiger partial charge is 0.465 e. The molecule has 2 aliphatic heterocycles.